The largest absolute Gasteiger partial charge is 0.378 e. The van der Waals surface area contributed by atoms with Gasteiger partial charge < -0.3 is 15.0 Å². The maximum absolute atomic E-state index is 12.6. The second-order valence-corrected chi connectivity index (χ2v) is 6.84. The SMILES string of the molecule is O=C(CCn1c(=O)[nH]c(=O)c2ccccc21)Nc1ccccc1N1CCOCC1. The molecule has 4 rings (SSSR count). The van der Waals surface area contributed by atoms with Crippen LogP contribution in [0.1, 0.15) is 6.42 Å². The molecule has 0 bridgehead atoms. The van der Waals surface area contributed by atoms with Crippen molar-refractivity contribution < 1.29 is 9.53 Å². The van der Waals surface area contributed by atoms with Gasteiger partial charge >= 0.3 is 5.69 Å². The molecule has 0 unspecified atom stereocenters. The Kier molecular flexibility index (Phi) is 5.44. The third kappa shape index (κ3) is 4.07. The van der Waals surface area contributed by atoms with Gasteiger partial charge in [0, 0.05) is 26.1 Å². The second kappa shape index (κ2) is 8.32. The van der Waals surface area contributed by atoms with Crippen LogP contribution in [-0.2, 0) is 16.1 Å². The molecule has 1 saturated heterocycles. The summed E-state index contributed by atoms with van der Waals surface area (Å²) >= 11 is 0. The number of aromatic nitrogens is 2. The van der Waals surface area contributed by atoms with Crippen LogP contribution < -0.4 is 21.5 Å². The van der Waals surface area contributed by atoms with Crippen LogP contribution in [0.3, 0.4) is 0 Å². The lowest BCUT2D eigenvalue weighted by Crippen LogP contribution is -2.36. The molecule has 0 aliphatic carbocycles. The first-order valence-corrected chi connectivity index (χ1v) is 9.57. The molecule has 1 aliphatic rings. The minimum Gasteiger partial charge on any atom is -0.378 e. The van der Waals surface area contributed by atoms with Crippen molar-refractivity contribution >= 4 is 28.2 Å². The Hall–Kier alpha value is -3.39. The number of ether oxygens (including phenoxy) is 1. The van der Waals surface area contributed by atoms with E-state index in [4.69, 9.17) is 4.74 Å². The maximum Gasteiger partial charge on any atom is 0.328 e. The fourth-order valence-electron chi connectivity index (χ4n) is 3.55. The van der Waals surface area contributed by atoms with Crippen molar-refractivity contribution in [2.24, 2.45) is 0 Å². The number of hydrogen-bond donors (Lipinski definition) is 2. The van der Waals surface area contributed by atoms with E-state index in [2.05, 4.69) is 15.2 Å². The lowest BCUT2D eigenvalue weighted by atomic mass is 10.2. The Morgan fingerprint density at radius 3 is 2.59 bits per heavy atom. The molecule has 8 nitrogen and oxygen atoms in total. The molecular weight excluding hydrogens is 372 g/mol. The monoisotopic (exact) mass is 394 g/mol. The fraction of sp³-hybridized carbons (Fsp3) is 0.286. The van der Waals surface area contributed by atoms with Gasteiger partial charge in [-0.3, -0.25) is 19.1 Å². The van der Waals surface area contributed by atoms with E-state index in [1.807, 2.05) is 24.3 Å². The number of carbonyl (C=O) groups is 1. The highest BCUT2D eigenvalue weighted by Gasteiger charge is 2.16. The number of H-pyrrole nitrogens is 1. The quantitative estimate of drug-likeness (QED) is 0.685. The van der Waals surface area contributed by atoms with Crippen molar-refractivity contribution in [3.63, 3.8) is 0 Å². The van der Waals surface area contributed by atoms with E-state index in [0.29, 0.717) is 24.1 Å². The number of aromatic amines is 1. The Bertz CT molecular complexity index is 1150. The number of nitrogens with one attached hydrogen (secondary N) is 2. The van der Waals surface area contributed by atoms with Crippen molar-refractivity contribution in [1.82, 2.24) is 9.55 Å². The zero-order chi connectivity index (χ0) is 20.2. The molecular formula is C21H22N4O4. The van der Waals surface area contributed by atoms with Crippen LogP contribution in [0.4, 0.5) is 11.4 Å². The molecule has 1 amide bonds. The number of benzene rings is 2. The number of morpholine rings is 1. The molecule has 2 heterocycles. The number of carbonyl (C=O) groups excluding carboxylic acids is 1. The Morgan fingerprint density at radius 1 is 1.03 bits per heavy atom. The summed E-state index contributed by atoms with van der Waals surface area (Å²) < 4.78 is 6.82. The van der Waals surface area contributed by atoms with Crippen LogP contribution in [0.2, 0.25) is 0 Å². The van der Waals surface area contributed by atoms with Gasteiger partial charge in [-0.1, -0.05) is 24.3 Å². The van der Waals surface area contributed by atoms with Gasteiger partial charge in [0.05, 0.1) is 35.5 Å². The summed E-state index contributed by atoms with van der Waals surface area (Å²) in [5.74, 6) is -0.201. The van der Waals surface area contributed by atoms with E-state index in [-0.39, 0.29) is 18.9 Å². The van der Waals surface area contributed by atoms with Crippen molar-refractivity contribution in [3.05, 3.63) is 69.4 Å². The average Bonchev–Trinajstić information content (AvgIpc) is 2.74. The molecule has 29 heavy (non-hydrogen) atoms. The molecule has 2 N–H and O–H groups in total. The lowest BCUT2D eigenvalue weighted by molar-refractivity contribution is -0.116. The van der Waals surface area contributed by atoms with E-state index >= 15 is 0 Å². The van der Waals surface area contributed by atoms with Gasteiger partial charge in [0.25, 0.3) is 5.56 Å². The van der Waals surface area contributed by atoms with Crippen LogP contribution in [0.25, 0.3) is 10.9 Å². The number of aryl methyl sites for hydroxylation is 1. The molecule has 0 saturated carbocycles. The number of rotatable bonds is 5. The molecule has 150 valence electrons. The van der Waals surface area contributed by atoms with Gasteiger partial charge in [-0.2, -0.15) is 0 Å². The van der Waals surface area contributed by atoms with Crippen LogP contribution in [-0.4, -0.2) is 41.8 Å². The van der Waals surface area contributed by atoms with E-state index in [9.17, 15) is 14.4 Å². The molecule has 1 aromatic heterocycles. The van der Waals surface area contributed by atoms with Gasteiger partial charge in [0.15, 0.2) is 0 Å². The van der Waals surface area contributed by atoms with E-state index in [1.54, 1.807) is 24.3 Å². The number of nitrogens with zero attached hydrogens (tertiary/aromatic N) is 2. The van der Waals surface area contributed by atoms with E-state index < -0.39 is 11.2 Å². The first-order chi connectivity index (χ1) is 14.1. The molecule has 0 spiro atoms. The zero-order valence-corrected chi connectivity index (χ0v) is 15.9. The van der Waals surface area contributed by atoms with Crippen molar-refractivity contribution in [1.29, 1.82) is 0 Å². The van der Waals surface area contributed by atoms with Crippen LogP contribution in [0.5, 0.6) is 0 Å². The average molecular weight is 394 g/mol. The molecule has 0 radical (unpaired) electrons. The van der Waals surface area contributed by atoms with Gasteiger partial charge in [0.1, 0.15) is 0 Å². The third-order valence-electron chi connectivity index (χ3n) is 5.00. The van der Waals surface area contributed by atoms with Gasteiger partial charge in [-0.05, 0) is 24.3 Å². The molecule has 2 aromatic carbocycles. The summed E-state index contributed by atoms with van der Waals surface area (Å²) in [4.78, 5) is 41.3. The first-order valence-electron chi connectivity index (χ1n) is 9.57. The minimum absolute atomic E-state index is 0.105. The van der Waals surface area contributed by atoms with Crippen molar-refractivity contribution in [3.8, 4) is 0 Å². The molecule has 1 fully saturated rings. The number of para-hydroxylation sites is 3. The van der Waals surface area contributed by atoms with Crippen LogP contribution >= 0.6 is 0 Å². The normalized spacial score (nSPS) is 14.1. The standard InChI is InChI=1S/C21H22N4O4/c26-19(22-16-6-2-4-8-18(16)24-11-13-29-14-12-24)9-10-25-17-7-3-1-5-15(17)20(27)23-21(25)28/h1-8H,9-14H2,(H,22,26)(H,23,27,28). The molecule has 3 aromatic rings. The van der Waals surface area contributed by atoms with Crippen LogP contribution in [0.15, 0.2) is 58.1 Å². The number of anilines is 2. The number of hydrogen-bond acceptors (Lipinski definition) is 5. The summed E-state index contributed by atoms with van der Waals surface area (Å²) in [7, 11) is 0. The summed E-state index contributed by atoms with van der Waals surface area (Å²) in [5.41, 5.74) is 1.26. The molecule has 8 heteroatoms. The van der Waals surface area contributed by atoms with E-state index in [0.717, 1.165) is 24.5 Å². The topological polar surface area (TPSA) is 96.4 Å². The Balaban J connectivity index is 1.50. The fourth-order valence-corrected chi connectivity index (χ4v) is 3.55. The summed E-state index contributed by atoms with van der Waals surface area (Å²) in [6.07, 6.45) is 0.105. The van der Waals surface area contributed by atoms with Gasteiger partial charge in [-0.15, -0.1) is 0 Å². The minimum atomic E-state index is -0.518. The van der Waals surface area contributed by atoms with Crippen LogP contribution in [0, 0.1) is 0 Å². The maximum atomic E-state index is 12.6. The van der Waals surface area contributed by atoms with E-state index in [1.165, 1.54) is 4.57 Å². The van der Waals surface area contributed by atoms with Gasteiger partial charge in [-0.25, -0.2) is 4.79 Å². The highest BCUT2D eigenvalue weighted by molar-refractivity contribution is 5.94. The second-order valence-electron chi connectivity index (χ2n) is 6.84. The zero-order valence-electron chi connectivity index (χ0n) is 15.9. The predicted molar refractivity (Wildman–Crippen MR) is 112 cm³/mol. The summed E-state index contributed by atoms with van der Waals surface area (Å²) in [6.45, 7) is 3.02. The third-order valence-corrected chi connectivity index (χ3v) is 5.00. The molecule has 0 atom stereocenters. The predicted octanol–water partition coefficient (Wildman–Crippen LogP) is 1.56. The summed E-state index contributed by atoms with van der Waals surface area (Å²) in [5, 5.41) is 3.37. The van der Waals surface area contributed by atoms with Gasteiger partial charge in [0.2, 0.25) is 5.91 Å². The molecule has 1 aliphatic heterocycles. The van der Waals surface area contributed by atoms with Crippen molar-refractivity contribution in [2.45, 2.75) is 13.0 Å². The Morgan fingerprint density at radius 2 is 1.76 bits per heavy atom. The number of fused-ring (bicyclic) bond motifs is 1. The smallest absolute Gasteiger partial charge is 0.328 e. The van der Waals surface area contributed by atoms with Crippen molar-refractivity contribution in [2.75, 3.05) is 36.5 Å². The first kappa shape index (κ1) is 18.9. The Labute approximate surface area is 166 Å². The highest BCUT2D eigenvalue weighted by atomic mass is 16.5. The highest BCUT2D eigenvalue weighted by Crippen LogP contribution is 2.26. The lowest BCUT2D eigenvalue weighted by Gasteiger charge is -2.30. The number of amides is 1. The summed E-state index contributed by atoms with van der Waals surface area (Å²) in [6, 6.07) is 14.5.